The SMILES string of the molecule is CCCCCCCCCCCCCCCCCCCCCCCSc1c[c]cc(SCCCCCCCCCCCCCCCCCCCCCCC)c1. The van der Waals surface area contributed by atoms with Crippen LogP contribution in [0.3, 0.4) is 0 Å². The zero-order valence-corrected chi connectivity index (χ0v) is 38.8. The average Bonchev–Trinajstić information content (AvgIpc) is 3.19. The summed E-state index contributed by atoms with van der Waals surface area (Å²) in [5, 5.41) is 0. The quantitative estimate of drug-likeness (QED) is 0.0477. The smallest absolute Gasteiger partial charge is 0.00892 e. The summed E-state index contributed by atoms with van der Waals surface area (Å²) in [4.78, 5) is 2.85. The molecule has 0 N–H and O–H groups in total. The van der Waals surface area contributed by atoms with Gasteiger partial charge in [-0.3, -0.25) is 0 Å². The highest BCUT2D eigenvalue weighted by molar-refractivity contribution is 8.00. The second-order valence-corrected chi connectivity index (χ2v) is 19.6. The molecule has 0 saturated carbocycles. The fourth-order valence-corrected chi connectivity index (χ4v) is 10.0. The van der Waals surface area contributed by atoms with Crippen molar-refractivity contribution in [2.24, 2.45) is 0 Å². The number of rotatable bonds is 46. The van der Waals surface area contributed by atoms with Crippen molar-refractivity contribution in [2.45, 2.75) is 293 Å². The zero-order chi connectivity index (χ0) is 38.5. The lowest BCUT2D eigenvalue weighted by Crippen LogP contribution is -1.86. The third-order valence-electron chi connectivity index (χ3n) is 11.8. The third kappa shape index (κ3) is 40.1. The molecule has 0 fully saturated rings. The summed E-state index contributed by atoms with van der Waals surface area (Å²) in [5.74, 6) is 2.53. The fourth-order valence-electron chi connectivity index (χ4n) is 8.04. The van der Waals surface area contributed by atoms with Crippen LogP contribution in [-0.4, -0.2) is 11.5 Å². The van der Waals surface area contributed by atoms with Crippen molar-refractivity contribution < 1.29 is 0 Å². The van der Waals surface area contributed by atoms with Crippen molar-refractivity contribution in [1.82, 2.24) is 0 Å². The lowest BCUT2D eigenvalue weighted by molar-refractivity contribution is 0.521. The normalized spacial score (nSPS) is 11.6. The molecule has 0 heterocycles. The number of unbranched alkanes of at least 4 members (excludes halogenated alkanes) is 40. The molecule has 1 aromatic carbocycles. The lowest BCUT2D eigenvalue weighted by Gasteiger charge is -2.06. The first-order valence-corrected chi connectivity index (χ1v) is 27.1. The Morgan fingerprint density at radius 1 is 0.278 bits per heavy atom. The predicted molar refractivity (Wildman–Crippen MR) is 252 cm³/mol. The highest BCUT2D eigenvalue weighted by atomic mass is 32.2. The van der Waals surface area contributed by atoms with Crippen LogP contribution in [0.4, 0.5) is 0 Å². The van der Waals surface area contributed by atoms with Gasteiger partial charge >= 0.3 is 0 Å². The van der Waals surface area contributed by atoms with Crippen molar-refractivity contribution in [3.8, 4) is 0 Å². The summed E-state index contributed by atoms with van der Waals surface area (Å²) < 4.78 is 0. The molecular formula is C52H97S2. The van der Waals surface area contributed by atoms with Crippen molar-refractivity contribution in [3.63, 3.8) is 0 Å². The molecule has 0 aliphatic heterocycles. The van der Waals surface area contributed by atoms with Gasteiger partial charge in [-0.15, -0.1) is 23.5 Å². The monoisotopic (exact) mass is 786 g/mol. The topological polar surface area (TPSA) is 0 Å². The van der Waals surface area contributed by atoms with E-state index in [1.807, 2.05) is 23.5 Å². The minimum absolute atomic E-state index is 1.26. The summed E-state index contributed by atoms with van der Waals surface area (Å²) in [5.41, 5.74) is 0. The van der Waals surface area contributed by atoms with E-state index in [9.17, 15) is 0 Å². The molecule has 0 atom stereocenters. The van der Waals surface area contributed by atoms with Gasteiger partial charge in [0.25, 0.3) is 0 Å². The number of hydrogen-bond acceptors (Lipinski definition) is 2. The van der Waals surface area contributed by atoms with E-state index in [-0.39, 0.29) is 0 Å². The molecule has 0 nitrogen and oxygen atoms in total. The van der Waals surface area contributed by atoms with Gasteiger partial charge in [0.1, 0.15) is 0 Å². The molecule has 0 saturated heterocycles. The lowest BCUT2D eigenvalue weighted by atomic mass is 10.0. The van der Waals surface area contributed by atoms with Gasteiger partial charge in [-0.1, -0.05) is 271 Å². The summed E-state index contributed by atoms with van der Waals surface area (Å²) in [6.45, 7) is 4.62. The van der Waals surface area contributed by atoms with Crippen LogP contribution >= 0.6 is 23.5 Å². The van der Waals surface area contributed by atoms with E-state index in [0.717, 1.165) is 0 Å². The van der Waals surface area contributed by atoms with Crippen molar-refractivity contribution >= 4 is 23.5 Å². The van der Waals surface area contributed by atoms with E-state index in [4.69, 9.17) is 0 Å². The molecule has 0 aromatic heterocycles. The van der Waals surface area contributed by atoms with E-state index in [0.29, 0.717) is 0 Å². The van der Waals surface area contributed by atoms with Crippen LogP contribution in [0.15, 0.2) is 28.0 Å². The maximum atomic E-state index is 3.42. The highest BCUT2D eigenvalue weighted by Gasteiger charge is 2.01. The van der Waals surface area contributed by atoms with Crippen molar-refractivity contribution in [3.05, 3.63) is 24.3 Å². The van der Waals surface area contributed by atoms with E-state index >= 15 is 0 Å². The van der Waals surface area contributed by atoms with Crippen LogP contribution in [0.5, 0.6) is 0 Å². The summed E-state index contributed by atoms with van der Waals surface area (Å²) in [7, 11) is 0. The van der Waals surface area contributed by atoms with Gasteiger partial charge in [0.05, 0.1) is 0 Å². The number of hydrogen-bond donors (Lipinski definition) is 0. The molecule has 1 aromatic rings. The van der Waals surface area contributed by atoms with Gasteiger partial charge in [-0.05, 0) is 48.6 Å². The highest BCUT2D eigenvalue weighted by Crippen LogP contribution is 2.27. The van der Waals surface area contributed by atoms with Gasteiger partial charge in [-0.25, -0.2) is 0 Å². The standard InChI is InChI=1S/C52H97S2/c1-3-5-7-9-11-13-15-17-19-21-23-25-27-29-31-33-35-37-39-41-43-48-53-51-46-45-47-52(50-51)54-49-44-42-40-38-36-34-32-30-28-26-24-22-20-18-16-14-12-10-8-6-4-2/h46-47,50H,3-44,48-49H2,1-2H3. The van der Waals surface area contributed by atoms with Crippen LogP contribution in [0.25, 0.3) is 0 Å². The summed E-state index contributed by atoms with van der Waals surface area (Å²) in [6, 6.07) is 10.2. The Labute approximate surface area is 350 Å². The second-order valence-electron chi connectivity index (χ2n) is 17.2. The average molecular weight is 786 g/mol. The minimum Gasteiger partial charge on any atom is -0.126 e. The Hall–Kier alpha value is -0.0800. The largest absolute Gasteiger partial charge is 0.126 e. The van der Waals surface area contributed by atoms with E-state index in [1.54, 1.807) is 0 Å². The Morgan fingerprint density at radius 2 is 0.463 bits per heavy atom. The zero-order valence-electron chi connectivity index (χ0n) is 37.2. The van der Waals surface area contributed by atoms with Crippen molar-refractivity contribution in [2.75, 3.05) is 11.5 Å². The Bertz CT molecular complexity index is 757. The van der Waals surface area contributed by atoms with E-state index < -0.39 is 0 Å². The van der Waals surface area contributed by atoms with E-state index in [1.165, 1.54) is 291 Å². The Balaban J connectivity index is 1.78. The molecular weight excluding hydrogens is 689 g/mol. The molecule has 1 rings (SSSR count). The molecule has 54 heavy (non-hydrogen) atoms. The van der Waals surface area contributed by atoms with Crippen LogP contribution in [-0.2, 0) is 0 Å². The summed E-state index contributed by atoms with van der Waals surface area (Å²) in [6.07, 6.45) is 61.2. The molecule has 1 radical (unpaired) electrons. The minimum atomic E-state index is 1.26. The van der Waals surface area contributed by atoms with Gasteiger partial charge < -0.3 is 0 Å². The molecule has 2 heteroatoms. The molecule has 0 aliphatic rings. The van der Waals surface area contributed by atoms with Gasteiger partial charge in [0.2, 0.25) is 0 Å². The van der Waals surface area contributed by atoms with Gasteiger partial charge in [-0.2, -0.15) is 0 Å². The Morgan fingerprint density at radius 3 is 0.667 bits per heavy atom. The van der Waals surface area contributed by atoms with Crippen LogP contribution in [0.1, 0.15) is 284 Å². The molecule has 0 amide bonds. The van der Waals surface area contributed by atoms with Crippen LogP contribution < -0.4 is 0 Å². The second kappa shape index (κ2) is 45.6. The van der Waals surface area contributed by atoms with E-state index in [2.05, 4.69) is 38.1 Å². The van der Waals surface area contributed by atoms with Crippen LogP contribution in [0, 0.1) is 6.07 Å². The summed E-state index contributed by atoms with van der Waals surface area (Å²) >= 11 is 4.10. The first-order chi connectivity index (χ1) is 26.9. The molecule has 317 valence electrons. The number of thioether (sulfide) groups is 2. The third-order valence-corrected chi connectivity index (χ3v) is 13.9. The molecule has 0 aliphatic carbocycles. The van der Waals surface area contributed by atoms with Gasteiger partial charge in [0, 0.05) is 9.79 Å². The molecule has 0 spiro atoms. The van der Waals surface area contributed by atoms with Gasteiger partial charge in [0.15, 0.2) is 0 Å². The fraction of sp³-hybridized carbons (Fsp3) is 0.885. The molecule has 0 bridgehead atoms. The number of benzene rings is 1. The molecule has 0 unspecified atom stereocenters. The Kier molecular flexibility index (Phi) is 43.9. The predicted octanol–water partition coefficient (Wildman–Crippen LogP) is 20.1. The first-order valence-electron chi connectivity index (χ1n) is 25.1. The van der Waals surface area contributed by atoms with Crippen molar-refractivity contribution in [1.29, 1.82) is 0 Å². The first kappa shape index (κ1) is 51.9. The van der Waals surface area contributed by atoms with Crippen LogP contribution in [0.2, 0.25) is 0 Å². The maximum absolute atomic E-state index is 3.42. The maximum Gasteiger partial charge on any atom is 0.00892 e.